The van der Waals surface area contributed by atoms with Crippen LogP contribution in [0.15, 0.2) is 33.7 Å². The van der Waals surface area contributed by atoms with Crippen molar-refractivity contribution in [2.75, 3.05) is 46.0 Å². The minimum atomic E-state index is -0.463. The third kappa shape index (κ3) is 4.29. The maximum Gasteiger partial charge on any atom is 0.342 e. The summed E-state index contributed by atoms with van der Waals surface area (Å²) >= 11 is 0. The van der Waals surface area contributed by atoms with E-state index >= 15 is 0 Å². The summed E-state index contributed by atoms with van der Waals surface area (Å²) in [6.07, 6.45) is 2.56. The van der Waals surface area contributed by atoms with Gasteiger partial charge in [0.1, 0.15) is 22.7 Å². The molecule has 0 radical (unpaired) electrons. The van der Waals surface area contributed by atoms with Crippen LogP contribution in [0, 0.1) is 6.92 Å². The smallest absolute Gasteiger partial charge is 0.342 e. The van der Waals surface area contributed by atoms with Gasteiger partial charge >= 0.3 is 5.97 Å². The number of phenolic OH excluding ortho intramolecular Hbond substituents is 1. The molecular weight excluding hydrogens is 396 g/mol. The summed E-state index contributed by atoms with van der Waals surface area (Å²) in [5.74, 6) is 0.0907. The summed E-state index contributed by atoms with van der Waals surface area (Å²) in [4.78, 5) is 19.6. The Hall–Kier alpha value is -2.90. The number of fused-ring (bicyclic) bond motifs is 3. The van der Waals surface area contributed by atoms with E-state index in [9.17, 15) is 9.90 Å². The van der Waals surface area contributed by atoms with Crippen LogP contribution in [0.1, 0.15) is 35.0 Å². The van der Waals surface area contributed by atoms with E-state index in [1.165, 1.54) is 0 Å². The largest absolute Gasteiger partial charge is 0.507 e. The summed E-state index contributed by atoms with van der Waals surface area (Å²) < 4.78 is 16.6. The quantitative estimate of drug-likeness (QED) is 0.352. The first kappa shape index (κ1) is 21.3. The lowest BCUT2D eigenvalue weighted by atomic mass is 9.98. The molecule has 0 aliphatic carbocycles. The topological polar surface area (TPSA) is 84.5 Å². The maximum absolute atomic E-state index is 12.7. The number of esters is 1. The van der Waals surface area contributed by atoms with Crippen LogP contribution < -0.4 is 0 Å². The Morgan fingerprint density at radius 1 is 1.26 bits per heavy atom. The van der Waals surface area contributed by atoms with Crippen LogP contribution >= 0.6 is 0 Å². The summed E-state index contributed by atoms with van der Waals surface area (Å²) in [6.45, 7) is 8.80. The molecular formula is C24H28N2O5. The van der Waals surface area contributed by atoms with Crippen molar-refractivity contribution >= 4 is 33.9 Å². The molecule has 4 rings (SSSR count). The van der Waals surface area contributed by atoms with Gasteiger partial charge in [-0.15, -0.1) is 0 Å². The highest BCUT2D eigenvalue weighted by Gasteiger charge is 2.25. The number of aromatic hydroxyl groups is 1. The summed E-state index contributed by atoms with van der Waals surface area (Å²) in [7, 11) is 0. The predicted molar refractivity (Wildman–Crippen MR) is 120 cm³/mol. The fourth-order valence-electron chi connectivity index (χ4n) is 4.08. The van der Waals surface area contributed by atoms with Crippen molar-refractivity contribution in [1.29, 1.82) is 0 Å². The van der Waals surface area contributed by atoms with Gasteiger partial charge in [-0.3, -0.25) is 9.89 Å². The molecule has 1 aliphatic rings. The van der Waals surface area contributed by atoms with Crippen molar-refractivity contribution in [2.24, 2.45) is 4.99 Å². The van der Waals surface area contributed by atoms with Gasteiger partial charge < -0.3 is 19.0 Å². The second-order valence-corrected chi connectivity index (χ2v) is 7.61. The highest BCUT2D eigenvalue weighted by molar-refractivity contribution is 6.21. The van der Waals surface area contributed by atoms with Gasteiger partial charge in [0.2, 0.25) is 0 Å². The molecule has 2 heterocycles. The van der Waals surface area contributed by atoms with Crippen molar-refractivity contribution < 1.29 is 23.8 Å². The normalized spacial score (nSPS) is 15.3. The van der Waals surface area contributed by atoms with Crippen LogP contribution in [-0.4, -0.2) is 68.2 Å². The Balaban J connectivity index is 1.69. The molecule has 1 aromatic heterocycles. The second kappa shape index (κ2) is 9.49. The van der Waals surface area contributed by atoms with E-state index in [1.807, 2.05) is 24.3 Å². The van der Waals surface area contributed by atoms with Gasteiger partial charge in [0.25, 0.3) is 0 Å². The Labute approximate surface area is 181 Å². The van der Waals surface area contributed by atoms with Crippen molar-refractivity contribution in [3.63, 3.8) is 0 Å². The van der Waals surface area contributed by atoms with Gasteiger partial charge in [0, 0.05) is 54.1 Å². The molecule has 0 saturated carbocycles. The van der Waals surface area contributed by atoms with Crippen molar-refractivity contribution in [3.05, 3.63) is 41.2 Å². The van der Waals surface area contributed by atoms with Crippen LogP contribution in [0.25, 0.3) is 21.7 Å². The van der Waals surface area contributed by atoms with E-state index < -0.39 is 5.97 Å². The molecule has 7 heteroatoms. The molecule has 1 N–H and O–H groups in total. The number of morpholine rings is 1. The molecule has 164 valence electrons. The number of rotatable bonds is 7. The molecule has 0 unspecified atom stereocenters. The number of carbonyl (C=O) groups is 1. The highest BCUT2D eigenvalue weighted by atomic mass is 16.5. The minimum Gasteiger partial charge on any atom is -0.507 e. The fourth-order valence-corrected chi connectivity index (χ4v) is 4.08. The van der Waals surface area contributed by atoms with Gasteiger partial charge in [-0.05, 0) is 20.3 Å². The molecule has 3 aromatic rings. The number of ether oxygens (including phenoxy) is 2. The molecule has 0 amide bonds. The first-order chi connectivity index (χ1) is 15.1. The number of furan rings is 1. The zero-order valence-corrected chi connectivity index (χ0v) is 18.0. The van der Waals surface area contributed by atoms with E-state index in [-0.39, 0.29) is 12.4 Å². The Kier molecular flexibility index (Phi) is 6.53. The minimum absolute atomic E-state index is 0.0892. The van der Waals surface area contributed by atoms with Crippen LogP contribution in [-0.2, 0) is 9.47 Å². The number of aliphatic imine (C=N–C) groups is 1. The Morgan fingerprint density at radius 2 is 2.00 bits per heavy atom. The molecule has 0 spiro atoms. The summed E-state index contributed by atoms with van der Waals surface area (Å²) in [5.41, 5.74) is 1.39. The molecule has 0 bridgehead atoms. The first-order valence-electron chi connectivity index (χ1n) is 10.8. The number of carbonyl (C=O) groups excluding carboxylic acids is 1. The van der Waals surface area contributed by atoms with Crippen LogP contribution in [0.5, 0.6) is 5.75 Å². The summed E-state index contributed by atoms with van der Waals surface area (Å²) in [6, 6.07) is 7.45. The Morgan fingerprint density at radius 3 is 2.74 bits per heavy atom. The predicted octanol–water partition coefficient (Wildman–Crippen LogP) is 3.92. The van der Waals surface area contributed by atoms with Gasteiger partial charge in [-0.25, -0.2) is 4.79 Å². The first-order valence-corrected chi connectivity index (χ1v) is 10.8. The lowest BCUT2D eigenvalue weighted by molar-refractivity contribution is 0.0377. The molecule has 31 heavy (non-hydrogen) atoms. The van der Waals surface area contributed by atoms with Gasteiger partial charge in [-0.2, -0.15) is 0 Å². The lowest BCUT2D eigenvalue weighted by Gasteiger charge is -2.26. The highest BCUT2D eigenvalue weighted by Crippen LogP contribution is 2.40. The van der Waals surface area contributed by atoms with Crippen LogP contribution in [0.3, 0.4) is 0 Å². The van der Waals surface area contributed by atoms with Crippen molar-refractivity contribution in [3.8, 4) is 5.75 Å². The van der Waals surface area contributed by atoms with E-state index in [2.05, 4.69) is 9.89 Å². The van der Waals surface area contributed by atoms with Gasteiger partial charge in [0.15, 0.2) is 0 Å². The number of hydrogen-bond acceptors (Lipinski definition) is 7. The molecule has 0 atom stereocenters. The molecule has 1 fully saturated rings. The standard InChI is InChI=1S/C24H28N2O5/c1-3-30-24(28)20-16(2)31-23-18-8-5-4-7-17(18)22(27)19(21(20)23)15-25-9-6-10-26-11-13-29-14-12-26/h4-5,7-8,15,27H,3,6,9-14H2,1-2H3. The number of hydrogen-bond donors (Lipinski definition) is 1. The average molecular weight is 424 g/mol. The van der Waals surface area contributed by atoms with E-state index in [0.717, 1.165) is 44.7 Å². The Bertz CT molecular complexity index is 1110. The molecule has 2 aromatic carbocycles. The average Bonchev–Trinajstić information content (AvgIpc) is 3.13. The maximum atomic E-state index is 12.7. The van der Waals surface area contributed by atoms with Crippen molar-refractivity contribution in [1.82, 2.24) is 4.90 Å². The summed E-state index contributed by atoms with van der Waals surface area (Å²) in [5, 5.41) is 13.0. The van der Waals surface area contributed by atoms with Gasteiger partial charge in [0.05, 0.1) is 19.8 Å². The molecule has 1 saturated heterocycles. The monoisotopic (exact) mass is 424 g/mol. The van der Waals surface area contributed by atoms with E-state index in [0.29, 0.717) is 39.8 Å². The third-order valence-electron chi connectivity index (χ3n) is 5.60. The van der Waals surface area contributed by atoms with E-state index in [4.69, 9.17) is 13.9 Å². The van der Waals surface area contributed by atoms with Crippen molar-refractivity contribution in [2.45, 2.75) is 20.3 Å². The molecule has 1 aliphatic heterocycles. The van der Waals surface area contributed by atoms with Gasteiger partial charge in [-0.1, -0.05) is 24.3 Å². The third-order valence-corrected chi connectivity index (χ3v) is 5.60. The second-order valence-electron chi connectivity index (χ2n) is 7.61. The number of aryl methyl sites for hydroxylation is 1. The number of phenols is 1. The fraction of sp³-hybridized carbons (Fsp3) is 0.417. The molecule has 7 nitrogen and oxygen atoms in total. The number of benzene rings is 2. The zero-order chi connectivity index (χ0) is 21.8. The SMILES string of the molecule is CCOC(=O)c1c(C)oc2c1c(C=NCCCN1CCOCC1)c(O)c1ccccc12. The number of nitrogens with zero attached hydrogens (tertiary/aromatic N) is 2. The lowest BCUT2D eigenvalue weighted by Crippen LogP contribution is -2.37. The van der Waals surface area contributed by atoms with Crippen LogP contribution in [0.4, 0.5) is 0 Å². The van der Waals surface area contributed by atoms with Crippen LogP contribution in [0.2, 0.25) is 0 Å². The van der Waals surface area contributed by atoms with E-state index in [1.54, 1.807) is 20.1 Å². The zero-order valence-electron chi connectivity index (χ0n) is 18.0.